The van der Waals surface area contributed by atoms with Crippen LogP contribution in [0, 0.1) is 5.82 Å². The van der Waals surface area contributed by atoms with Crippen LogP contribution >= 0.6 is 0 Å². The van der Waals surface area contributed by atoms with Gasteiger partial charge in [0.1, 0.15) is 11.6 Å². The maximum atomic E-state index is 13.1. The first-order valence-corrected chi connectivity index (χ1v) is 6.78. The van der Waals surface area contributed by atoms with E-state index in [0.717, 1.165) is 24.3 Å². The van der Waals surface area contributed by atoms with Gasteiger partial charge < -0.3 is 10.1 Å². The highest BCUT2D eigenvalue weighted by Crippen LogP contribution is 2.29. The molecule has 20 heavy (non-hydrogen) atoms. The summed E-state index contributed by atoms with van der Waals surface area (Å²) in [4.78, 5) is 0. The number of hydrogen-bond acceptors (Lipinski definition) is 2. The molecule has 3 heteroatoms. The number of ether oxygens (including phenoxy) is 1. The maximum Gasteiger partial charge on any atom is 0.123 e. The quantitative estimate of drug-likeness (QED) is 0.868. The van der Waals surface area contributed by atoms with E-state index in [-0.39, 0.29) is 11.7 Å². The van der Waals surface area contributed by atoms with Crippen LogP contribution < -0.4 is 10.1 Å². The lowest BCUT2D eigenvalue weighted by Crippen LogP contribution is -2.13. The summed E-state index contributed by atoms with van der Waals surface area (Å²) in [5.41, 5.74) is 2.35. The zero-order chi connectivity index (χ0) is 14.4. The second-order valence-corrected chi connectivity index (χ2v) is 4.77. The third-order valence-corrected chi connectivity index (χ3v) is 3.47. The lowest BCUT2D eigenvalue weighted by molar-refractivity contribution is 0.414. The molecule has 0 radical (unpaired) electrons. The van der Waals surface area contributed by atoms with E-state index in [4.69, 9.17) is 4.74 Å². The molecule has 106 valence electrons. The van der Waals surface area contributed by atoms with Gasteiger partial charge in [0.25, 0.3) is 0 Å². The zero-order valence-electron chi connectivity index (χ0n) is 11.9. The summed E-state index contributed by atoms with van der Waals surface area (Å²) in [6.07, 6.45) is 0.967. The molecule has 0 bridgehead atoms. The van der Waals surface area contributed by atoms with E-state index in [2.05, 4.69) is 17.4 Å². The summed E-state index contributed by atoms with van der Waals surface area (Å²) >= 11 is 0. The third kappa shape index (κ3) is 3.58. The molecule has 0 amide bonds. The van der Waals surface area contributed by atoms with Crippen molar-refractivity contribution in [2.45, 2.75) is 12.3 Å². The molecular weight excluding hydrogens is 253 g/mol. The highest BCUT2D eigenvalue weighted by molar-refractivity contribution is 5.36. The van der Waals surface area contributed by atoms with Crippen LogP contribution in [0.1, 0.15) is 23.5 Å². The molecule has 0 heterocycles. The predicted molar refractivity (Wildman–Crippen MR) is 79.8 cm³/mol. The highest BCUT2D eigenvalue weighted by Gasteiger charge is 2.14. The third-order valence-electron chi connectivity index (χ3n) is 3.47. The fraction of sp³-hybridized carbons (Fsp3) is 0.294. The van der Waals surface area contributed by atoms with Gasteiger partial charge >= 0.3 is 0 Å². The molecule has 0 saturated carbocycles. The van der Waals surface area contributed by atoms with Gasteiger partial charge in [0.05, 0.1) is 7.11 Å². The molecular formula is C17H20FNO. The van der Waals surface area contributed by atoms with Gasteiger partial charge in [0.2, 0.25) is 0 Å². The average molecular weight is 273 g/mol. The first-order chi connectivity index (χ1) is 9.74. The molecule has 1 atom stereocenters. The van der Waals surface area contributed by atoms with Crippen molar-refractivity contribution in [3.8, 4) is 5.75 Å². The van der Waals surface area contributed by atoms with Crippen LogP contribution in [0.25, 0.3) is 0 Å². The SMILES string of the molecule is CNCCC(c1ccc(F)cc1)c1ccc(OC)cc1. The number of methoxy groups -OCH3 is 1. The van der Waals surface area contributed by atoms with Crippen LogP contribution in [0.2, 0.25) is 0 Å². The fourth-order valence-corrected chi connectivity index (χ4v) is 2.35. The van der Waals surface area contributed by atoms with E-state index in [1.807, 2.05) is 31.3 Å². The van der Waals surface area contributed by atoms with Gasteiger partial charge in [-0.15, -0.1) is 0 Å². The van der Waals surface area contributed by atoms with Gasteiger partial charge in [0, 0.05) is 5.92 Å². The first kappa shape index (κ1) is 14.5. The minimum absolute atomic E-state index is 0.198. The Morgan fingerprint density at radius 2 is 1.55 bits per heavy atom. The lowest BCUT2D eigenvalue weighted by Gasteiger charge is -2.18. The molecule has 1 N–H and O–H groups in total. The summed E-state index contributed by atoms with van der Waals surface area (Å²) < 4.78 is 18.3. The summed E-state index contributed by atoms with van der Waals surface area (Å²) in [5.74, 6) is 0.907. The molecule has 0 aliphatic rings. The minimum atomic E-state index is -0.198. The second kappa shape index (κ2) is 7.06. The van der Waals surface area contributed by atoms with E-state index in [1.54, 1.807) is 7.11 Å². The fourth-order valence-electron chi connectivity index (χ4n) is 2.35. The first-order valence-electron chi connectivity index (χ1n) is 6.78. The van der Waals surface area contributed by atoms with E-state index in [9.17, 15) is 4.39 Å². The van der Waals surface area contributed by atoms with Crippen molar-refractivity contribution in [3.05, 3.63) is 65.5 Å². The Hall–Kier alpha value is -1.87. The average Bonchev–Trinajstić information content (AvgIpc) is 2.50. The van der Waals surface area contributed by atoms with E-state index in [0.29, 0.717) is 0 Å². The summed E-state index contributed by atoms with van der Waals surface area (Å²) in [7, 11) is 3.60. The number of hydrogen-bond donors (Lipinski definition) is 1. The van der Waals surface area contributed by atoms with Crippen LogP contribution in [-0.4, -0.2) is 20.7 Å². The Balaban J connectivity index is 2.27. The van der Waals surface area contributed by atoms with Crippen molar-refractivity contribution >= 4 is 0 Å². The van der Waals surface area contributed by atoms with Gasteiger partial charge in [-0.2, -0.15) is 0 Å². The Bertz CT molecular complexity index is 522. The molecule has 0 aliphatic heterocycles. The van der Waals surface area contributed by atoms with Crippen molar-refractivity contribution < 1.29 is 9.13 Å². The Kier molecular flexibility index (Phi) is 5.13. The van der Waals surface area contributed by atoms with E-state index >= 15 is 0 Å². The Morgan fingerprint density at radius 3 is 2.05 bits per heavy atom. The van der Waals surface area contributed by atoms with Gasteiger partial charge in [-0.3, -0.25) is 0 Å². The smallest absolute Gasteiger partial charge is 0.123 e. The van der Waals surface area contributed by atoms with Crippen LogP contribution in [0.15, 0.2) is 48.5 Å². The number of rotatable bonds is 6. The second-order valence-electron chi connectivity index (χ2n) is 4.77. The van der Waals surface area contributed by atoms with E-state index in [1.165, 1.54) is 17.7 Å². The Morgan fingerprint density at radius 1 is 1.00 bits per heavy atom. The van der Waals surface area contributed by atoms with Gasteiger partial charge in [-0.1, -0.05) is 24.3 Å². The van der Waals surface area contributed by atoms with Gasteiger partial charge in [-0.05, 0) is 55.4 Å². The van der Waals surface area contributed by atoms with Gasteiger partial charge in [-0.25, -0.2) is 4.39 Å². The summed E-state index contributed by atoms with van der Waals surface area (Å²) in [6, 6.07) is 14.8. The number of benzene rings is 2. The topological polar surface area (TPSA) is 21.3 Å². The molecule has 0 saturated heterocycles. The number of halogens is 1. The lowest BCUT2D eigenvalue weighted by atomic mass is 9.88. The van der Waals surface area contributed by atoms with Crippen LogP contribution in [0.5, 0.6) is 5.75 Å². The molecule has 2 rings (SSSR count). The van der Waals surface area contributed by atoms with Crippen LogP contribution in [0.3, 0.4) is 0 Å². The van der Waals surface area contributed by atoms with Crippen molar-refractivity contribution in [2.24, 2.45) is 0 Å². The predicted octanol–water partition coefficient (Wildman–Crippen LogP) is 3.58. The minimum Gasteiger partial charge on any atom is -0.497 e. The number of nitrogens with one attached hydrogen (secondary N) is 1. The molecule has 0 aromatic heterocycles. The summed E-state index contributed by atoms with van der Waals surface area (Å²) in [5, 5.41) is 3.17. The maximum absolute atomic E-state index is 13.1. The molecule has 2 aromatic carbocycles. The molecule has 2 nitrogen and oxygen atoms in total. The standard InChI is InChI=1S/C17H20FNO/c1-19-12-11-17(13-3-7-15(18)8-4-13)14-5-9-16(20-2)10-6-14/h3-10,17,19H,11-12H2,1-2H3. The molecule has 2 aromatic rings. The molecule has 1 unspecified atom stereocenters. The zero-order valence-corrected chi connectivity index (χ0v) is 11.9. The van der Waals surface area contributed by atoms with Crippen molar-refractivity contribution in [1.29, 1.82) is 0 Å². The van der Waals surface area contributed by atoms with Crippen LogP contribution in [0.4, 0.5) is 4.39 Å². The normalized spacial score (nSPS) is 12.2. The largest absolute Gasteiger partial charge is 0.497 e. The Labute approximate surface area is 119 Å². The molecule has 0 spiro atoms. The van der Waals surface area contributed by atoms with Gasteiger partial charge in [0.15, 0.2) is 0 Å². The summed E-state index contributed by atoms with van der Waals surface area (Å²) in [6.45, 7) is 0.911. The monoisotopic (exact) mass is 273 g/mol. The van der Waals surface area contributed by atoms with E-state index < -0.39 is 0 Å². The highest BCUT2D eigenvalue weighted by atomic mass is 19.1. The molecule has 0 aliphatic carbocycles. The molecule has 0 fully saturated rings. The van der Waals surface area contributed by atoms with Crippen molar-refractivity contribution in [1.82, 2.24) is 5.32 Å². The van der Waals surface area contributed by atoms with Crippen molar-refractivity contribution in [2.75, 3.05) is 20.7 Å². The van der Waals surface area contributed by atoms with Crippen molar-refractivity contribution in [3.63, 3.8) is 0 Å². The van der Waals surface area contributed by atoms with Crippen LogP contribution in [-0.2, 0) is 0 Å².